The van der Waals surface area contributed by atoms with Crippen LogP contribution < -0.4 is 10.1 Å². The number of aromatic nitrogens is 3. The maximum absolute atomic E-state index is 11.6. The first-order valence-corrected chi connectivity index (χ1v) is 8.36. The fraction of sp³-hybridized carbons (Fsp3) is 0.118. The Morgan fingerprint density at radius 2 is 1.85 bits per heavy atom. The molecule has 0 saturated carbocycles. The normalized spacial score (nSPS) is 10.4. The van der Waals surface area contributed by atoms with E-state index in [2.05, 4.69) is 36.2 Å². The van der Waals surface area contributed by atoms with E-state index in [1.807, 2.05) is 19.9 Å². The minimum Gasteiger partial charge on any atom is -0.434 e. The standard InChI is InChI=1S/C17H14BrN5O3/c1-10-5-11(2)7-13(6-10)26-17-15(23(24)25)16(20-9-21-17)22-14-4-3-12(18)8-19-14/h3-9H,1-2H3,(H,19,20,21,22). The quantitative estimate of drug-likeness (QED) is 0.475. The predicted octanol–water partition coefficient (Wildman–Crippen LogP) is 4.70. The van der Waals surface area contributed by atoms with Crippen LogP contribution in [-0.2, 0) is 0 Å². The van der Waals surface area contributed by atoms with Gasteiger partial charge in [-0.1, -0.05) is 6.07 Å². The van der Waals surface area contributed by atoms with Crippen LogP contribution >= 0.6 is 15.9 Å². The van der Waals surface area contributed by atoms with Crippen molar-refractivity contribution in [3.63, 3.8) is 0 Å². The Balaban J connectivity index is 1.98. The van der Waals surface area contributed by atoms with Crippen LogP contribution in [0.3, 0.4) is 0 Å². The van der Waals surface area contributed by atoms with Crippen molar-refractivity contribution < 1.29 is 9.66 Å². The van der Waals surface area contributed by atoms with Crippen LogP contribution in [0.5, 0.6) is 11.6 Å². The van der Waals surface area contributed by atoms with Crippen LogP contribution in [0.1, 0.15) is 11.1 Å². The number of anilines is 2. The first-order chi connectivity index (χ1) is 12.4. The second-order valence-corrected chi connectivity index (χ2v) is 6.46. The molecule has 9 heteroatoms. The summed E-state index contributed by atoms with van der Waals surface area (Å²) in [5.74, 6) is 0.734. The van der Waals surface area contributed by atoms with Gasteiger partial charge in [-0.15, -0.1) is 0 Å². The van der Waals surface area contributed by atoms with Gasteiger partial charge < -0.3 is 10.1 Å². The highest BCUT2D eigenvalue weighted by atomic mass is 79.9. The maximum Gasteiger partial charge on any atom is 0.373 e. The predicted molar refractivity (Wildman–Crippen MR) is 99.9 cm³/mol. The van der Waals surface area contributed by atoms with Crippen LogP contribution in [0.2, 0.25) is 0 Å². The van der Waals surface area contributed by atoms with Gasteiger partial charge in [0.1, 0.15) is 17.9 Å². The van der Waals surface area contributed by atoms with Gasteiger partial charge in [-0.2, -0.15) is 4.98 Å². The Morgan fingerprint density at radius 3 is 2.46 bits per heavy atom. The molecule has 0 aliphatic carbocycles. The highest BCUT2D eigenvalue weighted by Crippen LogP contribution is 2.35. The molecule has 1 N–H and O–H groups in total. The molecule has 0 fully saturated rings. The van der Waals surface area contributed by atoms with E-state index in [-0.39, 0.29) is 17.4 Å². The summed E-state index contributed by atoms with van der Waals surface area (Å²) in [6, 6.07) is 8.97. The van der Waals surface area contributed by atoms with E-state index in [1.165, 1.54) is 6.33 Å². The SMILES string of the molecule is Cc1cc(C)cc(Oc2ncnc(Nc3ccc(Br)cn3)c2[N+](=O)[O-])c1. The van der Waals surface area contributed by atoms with Gasteiger partial charge in [0.2, 0.25) is 5.82 Å². The zero-order valence-electron chi connectivity index (χ0n) is 13.9. The van der Waals surface area contributed by atoms with Gasteiger partial charge in [-0.05, 0) is 65.2 Å². The van der Waals surface area contributed by atoms with Crippen molar-refractivity contribution in [1.82, 2.24) is 15.0 Å². The lowest BCUT2D eigenvalue weighted by Gasteiger charge is -2.10. The molecule has 2 aromatic heterocycles. The number of halogens is 1. The molecule has 0 bridgehead atoms. The Hall–Kier alpha value is -3.07. The molecule has 0 aliphatic heterocycles. The largest absolute Gasteiger partial charge is 0.434 e. The third-order valence-electron chi connectivity index (χ3n) is 3.35. The molecule has 3 rings (SSSR count). The monoisotopic (exact) mass is 415 g/mol. The highest BCUT2D eigenvalue weighted by Gasteiger charge is 2.25. The van der Waals surface area contributed by atoms with Crippen molar-refractivity contribution in [2.45, 2.75) is 13.8 Å². The molecular weight excluding hydrogens is 402 g/mol. The van der Waals surface area contributed by atoms with Gasteiger partial charge in [0.25, 0.3) is 0 Å². The zero-order chi connectivity index (χ0) is 18.7. The van der Waals surface area contributed by atoms with Crippen molar-refractivity contribution in [1.29, 1.82) is 0 Å². The number of nitrogens with one attached hydrogen (secondary N) is 1. The summed E-state index contributed by atoms with van der Waals surface area (Å²) in [7, 11) is 0. The molecule has 3 aromatic rings. The lowest BCUT2D eigenvalue weighted by atomic mass is 10.1. The van der Waals surface area contributed by atoms with Gasteiger partial charge in [0.15, 0.2) is 0 Å². The van der Waals surface area contributed by atoms with E-state index in [0.29, 0.717) is 11.6 Å². The number of hydrogen-bond donors (Lipinski definition) is 1. The van der Waals surface area contributed by atoms with E-state index < -0.39 is 4.92 Å². The minimum absolute atomic E-state index is 0.000743. The number of nitrogens with zero attached hydrogens (tertiary/aromatic N) is 4. The number of pyridine rings is 1. The summed E-state index contributed by atoms with van der Waals surface area (Å²) >= 11 is 3.28. The number of hydrogen-bond acceptors (Lipinski definition) is 7. The van der Waals surface area contributed by atoms with Crippen LogP contribution in [0, 0.1) is 24.0 Å². The van der Waals surface area contributed by atoms with Crippen molar-refractivity contribution in [2.75, 3.05) is 5.32 Å². The third-order valence-corrected chi connectivity index (χ3v) is 3.82. The van der Waals surface area contributed by atoms with Gasteiger partial charge >= 0.3 is 11.6 Å². The summed E-state index contributed by atoms with van der Waals surface area (Å²) in [4.78, 5) is 23.0. The fourth-order valence-corrected chi connectivity index (χ4v) is 2.60. The number of aryl methyl sites for hydroxylation is 2. The van der Waals surface area contributed by atoms with Crippen molar-refractivity contribution in [3.8, 4) is 11.6 Å². The summed E-state index contributed by atoms with van der Waals surface area (Å²) < 4.78 is 6.46. The topological polar surface area (TPSA) is 103 Å². The zero-order valence-corrected chi connectivity index (χ0v) is 15.5. The molecule has 8 nitrogen and oxygen atoms in total. The molecular formula is C17H14BrN5O3. The van der Waals surface area contributed by atoms with Crippen molar-refractivity contribution >= 4 is 33.3 Å². The third kappa shape index (κ3) is 4.12. The van der Waals surface area contributed by atoms with Crippen LogP contribution in [0.4, 0.5) is 17.3 Å². The average Bonchev–Trinajstić information content (AvgIpc) is 2.56. The Morgan fingerprint density at radius 1 is 1.12 bits per heavy atom. The van der Waals surface area contributed by atoms with Crippen LogP contribution in [0.15, 0.2) is 47.3 Å². The lowest BCUT2D eigenvalue weighted by molar-refractivity contribution is -0.385. The molecule has 0 spiro atoms. The Labute approximate surface area is 157 Å². The lowest BCUT2D eigenvalue weighted by Crippen LogP contribution is -2.04. The molecule has 0 atom stereocenters. The average molecular weight is 416 g/mol. The number of rotatable bonds is 5. The number of ether oxygens (including phenoxy) is 1. The van der Waals surface area contributed by atoms with Gasteiger partial charge in [0, 0.05) is 10.7 Å². The summed E-state index contributed by atoms with van der Waals surface area (Å²) in [6.07, 6.45) is 2.77. The van der Waals surface area contributed by atoms with Gasteiger partial charge in [-0.3, -0.25) is 10.1 Å². The second-order valence-electron chi connectivity index (χ2n) is 5.55. The summed E-state index contributed by atoms with van der Waals surface area (Å²) in [6.45, 7) is 3.83. The van der Waals surface area contributed by atoms with E-state index in [9.17, 15) is 10.1 Å². The first-order valence-electron chi connectivity index (χ1n) is 7.56. The van der Waals surface area contributed by atoms with E-state index in [1.54, 1.807) is 30.5 Å². The van der Waals surface area contributed by atoms with E-state index >= 15 is 0 Å². The summed E-state index contributed by atoms with van der Waals surface area (Å²) in [5, 5.41) is 14.4. The number of nitro groups is 1. The first kappa shape index (κ1) is 17.7. The van der Waals surface area contributed by atoms with E-state index in [0.717, 1.165) is 15.6 Å². The molecule has 132 valence electrons. The molecule has 0 aliphatic rings. The fourth-order valence-electron chi connectivity index (χ4n) is 2.37. The Bertz CT molecular complexity index is 943. The molecule has 26 heavy (non-hydrogen) atoms. The summed E-state index contributed by atoms with van der Waals surface area (Å²) in [5.41, 5.74) is 1.60. The van der Waals surface area contributed by atoms with Gasteiger partial charge in [-0.25, -0.2) is 9.97 Å². The van der Waals surface area contributed by atoms with E-state index in [4.69, 9.17) is 4.74 Å². The molecule has 0 amide bonds. The molecule has 0 unspecified atom stereocenters. The van der Waals surface area contributed by atoms with Gasteiger partial charge in [0.05, 0.1) is 4.92 Å². The smallest absolute Gasteiger partial charge is 0.373 e. The highest BCUT2D eigenvalue weighted by molar-refractivity contribution is 9.10. The Kier molecular flexibility index (Phi) is 5.08. The van der Waals surface area contributed by atoms with Crippen molar-refractivity contribution in [3.05, 3.63) is 68.6 Å². The molecule has 0 radical (unpaired) electrons. The van der Waals surface area contributed by atoms with Crippen LogP contribution in [0.25, 0.3) is 0 Å². The second kappa shape index (κ2) is 7.44. The molecule has 0 saturated heterocycles. The molecule has 1 aromatic carbocycles. The minimum atomic E-state index is -0.584. The van der Waals surface area contributed by atoms with Crippen molar-refractivity contribution in [2.24, 2.45) is 0 Å². The van der Waals surface area contributed by atoms with Crippen LogP contribution in [-0.4, -0.2) is 19.9 Å². The molecule has 2 heterocycles. The number of benzene rings is 1. The maximum atomic E-state index is 11.6.